The molecule has 1 aliphatic heterocycles. The molecule has 8 heteroatoms. The van der Waals surface area contributed by atoms with Crippen molar-refractivity contribution in [1.29, 1.82) is 0 Å². The third-order valence-corrected chi connectivity index (χ3v) is 6.26. The molecule has 0 saturated carbocycles. The summed E-state index contributed by atoms with van der Waals surface area (Å²) in [5.74, 6) is 0.459. The van der Waals surface area contributed by atoms with Crippen LogP contribution >= 0.6 is 0 Å². The first-order valence-corrected chi connectivity index (χ1v) is 10.6. The van der Waals surface area contributed by atoms with Gasteiger partial charge < -0.3 is 14.8 Å². The number of hydrogen-bond acceptors (Lipinski definition) is 5. The maximum Gasteiger partial charge on any atom is 0.251 e. The molecule has 1 fully saturated rings. The number of amides is 1. The van der Waals surface area contributed by atoms with Crippen molar-refractivity contribution >= 4 is 15.9 Å². The van der Waals surface area contributed by atoms with Gasteiger partial charge in [-0.15, -0.1) is 0 Å². The van der Waals surface area contributed by atoms with E-state index in [1.807, 2.05) is 37.3 Å². The zero-order valence-electron chi connectivity index (χ0n) is 15.7. The Morgan fingerprint density at radius 2 is 1.75 bits per heavy atom. The zero-order valence-corrected chi connectivity index (χ0v) is 16.5. The van der Waals surface area contributed by atoms with Crippen molar-refractivity contribution in [3.8, 4) is 5.75 Å². The first-order chi connectivity index (χ1) is 13.5. The van der Waals surface area contributed by atoms with Gasteiger partial charge in [0.05, 0.1) is 24.2 Å². The predicted molar refractivity (Wildman–Crippen MR) is 105 cm³/mol. The molecule has 0 bridgehead atoms. The molecule has 0 radical (unpaired) electrons. The number of hydrogen-bond donors (Lipinski definition) is 1. The molecule has 0 spiro atoms. The molecule has 0 aliphatic carbocycles. The van der Waals surface area contributed by atoms with E-state index in [-0.39, 0.29) is 16.8 Å². The van der Waals surface area contributed by atoms with Crippen LogP contribution in [0.3, 0.4) is 0 Å². The van der Waals surface area contributed by atoms with E-state index in [0.717, 1.165) is 5.75 Å². The lowest BCUT2D eigenvalue weighted by Crippen LogP contribution is -2.40. The maximum atomic E-state index is 12.6. The van der Waals surface area contributed by atoms with Gasteiger partial charge in [-0.2, -0.15) is 4.31 Å². The molecule has 1 saturated heterocycles. The van der Waals surface area contributed by atoms with Gasteiger partial charge in [-0.25, -0.2) is 8.42 Å². The highest BCUT2D eigenvalue weighted by molar-refractivity contribution is 7.89. The van der Waals surface area contributed by atoms with Crippen LogP contribution in [0.4, 0.5) is 0 Å². The third-order valence-electron chi connectivity index (χ3n) is 4.35. The second kappa shape index (κ2) is 9.18. The fraction of sp³-hybridized carbons (Fsp3) is 0.350. The fourth-order valence-corrected chi connectivity index (χ4v) is 4.21. The number of sulfonamides is 1. The first-order valence-electron chi connectivity index (χ1n) is 9.13. The SMILES string of the molecule is C[C@@H](COc1ccccc1)NC(=O)c1ccc(S(=O)(=O)N2CCOCC2)cc1. The van der Waals surface area contributed by atoms with E-state index in [1.165, 1.54) is 28.6 Å². The molecule has 3 rings (SSSR count). The van der Waals surface area contributed by atoms with Gasteiger partial charge in [0.2, 0.25) is 10.0 Å². The third kappa shape index (κ3) is 5.09. The minimum atomic E-state index is -3.57. The monoisotopic (exact) mass is 404 g/mol. The van der Waals surface area contributed by atoms with E-state index < -0.39 is 10.0 Å². The number of nitrogens with zero attached hydrogens (tertiary/aromatic N) is 1. The van der Waals surface area contributed by atoms with Gasteiger partial charge >= 0.3 is 0 Å². The molecule has 1 heterocycles. The minimum Gasteiger partial charge on any atom is -0.491 e. The Morgan fingerprint density at radius 1 is 1.11 bits per heavy atom. The number of morpholine rings is 1. The van der Waals surface area contributed by atoms with Crippen molar-refractivity contribution in [1.82, 2.24) is 9.62 Å². The summed E-state index contributed by atoms with van der Waals surface area (Å²) >= 11 is 0. The normalized spacial score (nSPS) is 16.3. The van der Waals surface area contributed by atoms with E-state index in [9.17, 15) is 13.2 Å². The van der Waals surface area contributed by atoms with Crippen LogP contribution in [0.5, 0.6) is 5.75 Å². The van der Waals surface area contributed by atoms with Gasteiger partial charge in [0.15, 0.2) is 0 Å². The number of nitrogens with one attached hydrogen (secondary N) is 1. The molecular formula is C20H24N2O5S. The van der Waals surface area contributed by atoms with Crippen LogP contribution in [0.1, 0.15) is 17.3 Å². The van der Waals surface area contributed by atoms with E-state index in [4.69, 9.17) is 9.47 Å². The molecule has 1 amide bonds. The van der Waals surface area contributed by atoms with E-state index in [0.29, 0.717) is 38.5 Å². The zero-order chi connectivity index (χ0) is 20.0. The first kappa shape index (κ1) is 20.3. The van der Waals surface area contributed by atoms with E-state index >= 15 is 0 Å². The Kier molecular flexibility index (Phi) is 6.66. The van der Waals surface area contributed by atoms with Crippen molar-refractivity contribution in [2.24, 2.45) is 0 Å². The number of ether oxygens (including phenoxy) is 2. The molecule has 2 aromatic carbocycles. The summed E-state index contributed by atoms with van der Waals surface area (Å²) in [5, 5.41) is 2.85. The quantitative estimate of drug-likeness (QED) is 0.762. The largest absolute Gasteiger partial charge is 0.491 e. The summed E-state index contributed by atoms with van der Waals surface area (Å²) < 4.78 is 37.5. The number of rotatable bonds is 7. The van der Waals surface area contributed by atoms with Crippen LogP contribution in [-0.2, 0) is 14.8 Å². The van der Waals surface area contributed by atoms with Crippen molar-refractivity contribution in [2.75, 3.05) is 32.9 Å². The number of carbonyl (C=O) groups excluding carboxylic acids is 1. The lowest BCUT2D eigenvalue weighted by atomic mass is 10.2. The molecule has 0 unspecified atom stereocenters. The molecular weight excluding hydrogens is 380 g/mol. The summed E-state index contributed by atoms with van der Waals surface area (Å²) in [6.45, 7) is 3.63. The Labute approximate surface area is 165 Å². The Bertz CT molecular complexity index is 879. The predicted octanol–water partition coefficient (Wildman–Crippen LogP) is 1.90. The lowest BCUT2D eigenvalue weighted by molar-refractivity contribution is 0.0730. The Hall–Kier alpha value is -2.42. The maximum absolute atomic E-state index is 12.6. The van der Waals surface area contributed by atoms with Gasteiger partial charge in [-0.1, -0.05) is 18.2 Å². The average Bonchev–Trinajstić information content (AvgIpc) is 2.73. The summed E-state index contributed by atoms with van der Waals surface area (Å²) in [5.41, 5.74) is 0.396. The summed E-state index contributed by atoms with van der Waals surface area (Å²) in [6.07, 6.45) is 0. The summed E-state index contributed by atoms with van der Waals surface area (Å²) in [6, 6.07) is 15.1. The Morgan fingerprint density at radius 3 is 2.39 bits per heavy atom. The van der Waals surface area contributed by atoms with Crippen LogP contribution < -0.4 is 10.1 Å². The van der Waals surface area contributed by atoms with Gasteiger partial charge in [0, 0.05) is 18.7 Å². The number of para-hydroxylation sites is 1. The molecule has 1 aliphatic rings. The second-order valence-electron chi connectivity index (χ2n) is 6.54. The molecule has 2 aromatic rings. The Balaban J connectivity index is 1.57. The average molecular weight is 404 g/mol. The van der Waals surface area contributed by atoms with Crippen molar-refractivity contribution in [3.05, 3.63) is 60.2 Å². The van der Waals surface area contributed by atoms with Crippen LogP contribution in [0.15, 0.2) is 59.5 Å². The van der Waals surface area contributed by atoms with Crippen LogP contribution in [0.25, 0.3) is 0 Å². The highest BCUT2D eigenvalue weighted by Gasteiger charge is 2.26. The molecule has 1 N–H and O–H groups in total. The lowest BCUT2D eigenvalue weighted by Gasteiger charge is -2.26. The number of benzene rings is 2. The molecule has 28 heavy (non-hydrogen) atoms. The van der Waals surface area contributed by atoms with E-state index in [1.54, 1.807) is 0 Å². The summed E-state index contributed by atoms with van der Waals surface area (Å²) in [7, 11) is -3.57. The highest BCUT2D eigenvalue weighted by atomic mass is 32.2. The summed E-state index contributed by atoms with van der Waals surface area (Å²) in [4.78, 5) is 12.6. The topological polar surface area (TPSA) is 84.9 Å². The van der Waals surface area contributed by atoms with Crippen LogP contribution in [-0.4, -0.2) is 57.6 Å². The highest BCUT2D eigenvalue weighted by Crippen LogP contribution is 2.18. The van der Waals surface area contributed by atoms with Crippen molar-refractivity contribution in [2.45, 2.75) is 17.9 Å². The molecule has 0 aromatic heterocycles. The van der Waals surface area contributed by atoms with Gasteiger partial charge in [0.1, 0.15) is 12.4 Å². The molecule has 1 atom stereocenters. The van der Waals surface area contributed by atoms with E-state index in [2.05, 4.69) is 5.32 Å². The minimum absolute atomic E-state index is 0.173. The van der Waals surface area contributed by atoms with Crippen molar-refractivity contribution < 1.29 is 22.7 Å². The molecule has 7 nitrogen and oxygen atoms in total. The smallest absolute Gasteiger partial charge is 0.251 e. The van der Waals surface area contributed by atoms with Crippen LogP contribution in [0, 0.1) is 0 Å². The van der Waals surface area contributed by atoms with Crippen LogP contribution in [0.2, 0.25) is 0 Å². The fourth-order valence-electron chi connectivity index (χ4n) is 2.80. The second-order valence-corrected chi connectivity index (χ2v) is 8.48. The van der Waals surface area contributed by atoms with Gasteiger partial charge in [-0.05, 0) is 43.3 Å². The molecule has 150 valence electrons. The van der Waals surface area contributed by atoms with Gasteiger partial charge in [-0.3, -0.25) is 4.79 Å². The standard InChI is InChI=1S/C20H24N2O5S/c1-16(15-27-18-5-3-2-4-6-18)21-20(23)17-7-9-19(10-8-17)28(24,25)22-11-13-26-14-12-22/h2-10,16H,11-15H2,1H3,(H,21,23)/t16-/m0/s1. The number of carbonyl (C=O) groups is 1. The van der Waals surface area contributed by atoms with Gasteiger partial charge in [0.25, 0.3) is 5.91 Å². The van der Waals surface area contributed by atoms with Crippen molar-refractivity contribution in [3.63, 3.8) is 0 Å².